The minimum Gasteiger partial charge on any atom is -0.352 e. The Morgan fingerprint density at radius 2 is 1.70 bits per heavy atom. The number of primary amides is 1. The summed E-state index contributed by atoms with van der Waals surface area (Å²) in [5, 5.41) is 2.53. The molecule has 1 aliphatic rings. The molecule has 2 aromatic carbocycles. The van der Waals surface area contributed by atoms with Crippen LogP contribution in [0.15, 0.2) is 54.6 Å². The highest BCUT2D eigenvalue weighted by Crippen LogP contribution is 2.32. The Bertz CT molecular complexity index is 767. The second kappa shape index (κ2) is 9.39. The van der Waals surface area contributed by atoms with Crippen LogP contribution in [0.25, 0.3) is 0 Å². The Morgan fingerprint density at radius 3 is 2.30 bits per heavy atom. The van der Waals surface area contributed by atoms with E-state index in [1.54, 1.807) is 12.1 Å². The third-order valence-electron chi connectivity index (χ3n) is 4.93. The molecule has 0 aromatic heterocycles. The number of urea groups is 1. The zero-order valence-electron chi connectivity index (χ0n) is 15.0. The molecular formula is C20H25ClN4O2. The van der Waals surface area contributed by atoms with Crippen molar-refractivity contribution in [2.75, 3.05) is 19.6 Å². The van der Waals surface area contributed by atoms with Crippen molar-refractivity contribution in [3.05, 3.63) is 71.3 Å². The largest absolute Gasteiger partial charge is 0.352 e. The van der Waals surface area contributed by atoms with E-state index in [9.17, 15) is 9.59 Å². The van der Waals surface area contributed by atoms with Crippen molar-refractivity contribution in [1.82, 2.24) is 10.2 Å². The first kappa shape index (κ1) is 20.7. The van der Waals surface area contributed by atoms with Gasteiger partial charge in [-0.15, -0.1) is 12.4 Å². The smallest absolute Gasteiger partial charge is 0.312 e. The number of amides is 3. The van der Waals surface area contributed by atoms with Crippen molar-refractivity contribution in [3.8, 4) is 0 Å². The van der Waals surface area contributed by atoms with E-state index in [4.69, 9.17) is 11.5 Å². The lowest BCUT2D eigenvalue weighted by Gasteiger charge is -2.17. The molecular weight excluding hydrogens is 364 g/mol. The van der Waals surface area contributed by atoms with Gasteiger partial charge in [-0.2, -0.15) is 0 Å². The zero-order chi connectivity index (χ0) is 18.5. The molecule has 1 heterocycles. The van der Waals surface area contributed by atoms with Crippen molar-refractivity contribution in [2.45, 2.75) is 12.5 Å². The summed E-state index contributed by atoms with van der Waals surface area (Å²) in [4.78, 5) is 25.5. The second-order valence-corrected chi connectivity index (χ2v) is 6.64. The lowest BCUT2D eigenvalue weighted by molar-refractivity contribution is 0.0786. The number of nitrogens with two attached hydrogens (primary N) is 2. The van der Waals surface area contributed by atoms with E-state index in [1.165, 1.54) is 5.56 Å². The van der Waals surface area contributed by atoms with Crippen molar-refractivity contribution >= 4 is 24.3 Å². The van der Waals surface area contributed by atoms with Gasteiger partial charge in [0.2, 0.25) is 0 Å². The molecule has 144 valence electrons. The first-order valence-corrected chi connectivity index (χ1v) is 8.75. The Hall–Kier alpha value is -2.57. The van der Waals surface area contributed by atoms with Crippen LogP contribution in [0.2, 0.25) is 0 Å². The molecule has 2 atom stereocenters. The van der Waals surface area contributed by atoms with E-state index in [0.29, 0.717) is 31.7 Å². The van der Waals surface area contributed by atoms with E-state index in [-0.39, 0.29) is 30.2 Å². The van der Waals surface area contributed by atoms with E-state index >= 15 is 0 Å². The highest BCUT2D eigenvalue weighted by atomic mass is 35.5. The van der Waals surface area contributed by atoms with Gasteiger partial charge in [-0.1, -0.05) is 42.5 Å². The molecule has 3 amide bonds. The molecule has 2 aromatic rings. The van der Waals surface area contributed by atoms with E-state index < -0.39 is 6.03 Å². The van der Waals surface area contributed by atoms with Crippen LogP contribution in [0.4, 0.5) is 4.79 Å². The maximum Gasteiger partial charge on any atom is 0.312 e. The molecule has 0 spiro atoms. The standard InChI is InChI=1S/C20H24N4O2.ClH/c21-10-17-12-24(13-18(17)15-4-2-1-3-5-15)19(25)16-8-6-14(7-9-16)11-23-20(22)26;/h1-9,17-18H,10-13,21H2,(H3,22,23,26);1H/t17-,18+;/m1./s1. The first-order valence-electron chi connectivity index (χ1n) is 8.75. The number of nitrogens with one attached hydrogen (secondary N) is 1. The number of halogens is 1. The molecule has 5 N–H and O–H groups in total. The van der Waals surface area contributed by atoms with E-state index in [1.807, 2.05) is 35.2 Å². The number of carbonyl (C=O) groups excluding carboxylic acids is 2. The fraction of sp³-hybridized carbons (Fsp3) is 0.300. The molecule has 3 rings (SSSR count). The number of benzene rings is 2. The Labute approximate surface area is 165 Å². The zero-order valence-corrected chi connectivity index (χ0v) is 15.8. The summed E-state index contributed by atoms with van der Waals surface area (Å²) in [6, 6.07) is 16.9. The number of hydrogen-bond donors (Lipinski definition) is 3. The average molecular weight is 389 g/mol. The minimum atomic E-state index is -0.568. The summed E-state index contributed by atoms with van der Waals surface area (Å²) in [7, 11) is 0. The van der Waals surface area contributed by atoms with Gasteiger partial charge in [0.1, 0.15) is 0 Å². The van der Waals surface area contributed by atoms with Crippen LogP contribution in [-0.2, 0) is 6.54 Å². The summed E-state index contributed by atoms with van der Waals surface area (Å²) in [6.07, 6.45) is 0. The van der Waals surface area contributed by atoms with Gasteiger partial charge in [-0.3, -0.25) is 4.79 Å². The van der Waals surface area contributed by atoms with Gasteiger partial charge >= 0.3 is 6.03 Å². The van der Waals surface area contributed by atoms with Crippen LogP contribution in [0.5, 0.6) is 0 Å². The van der Waals surface area contributed by atoms with Crippen LogP contribution < -0.4 is 16.8 Å². The molecule has 1 saturated heterocycles. The van der Waals surface area contributed by atoms with Crippen molar-refractivity contribution in [3.63, 3.8) is 0 Å². The van der Waals surface area contributed by atoms with Crippen molar-refractivity contribution in [2.24, 2.45) is 17.4 Å². The Morgan fingerprint density at radius 1 is 1.04 bits per heavy atom. The van der Waals surface area contributed by atoms with Crippen LogP contribution in [0.1, 0.15) is 27.4 Å². The molecule has 0 radical (unpaired) electrons. The summed E-state index contributed by atoms with van der Waals surface area (Å²) < 4.78 is 0. The predicted octanol–water partition coefficient (Wildman–Crippen LogP) is 2.09. The third-order valence-corrected chi connectivity index (χ3v) is 4.93. The number of rotatable bonds is 5. The van der Waals surface area contributed by atoms with Gasteiger partial charge in [0.05, 0.1) is 0 Å². The van der Waals surface area contributed by atoms with Gasteiger partial charge < -0.3 is 21.7 Å². The number of likely N-dealkylation sites (tertiary alicyclic amines) is 1. The van der Waals surface area contributed by atoms with Crippen LogP contribution >= 0.6 is 12.4 Å². The summed E-state index contributed by atoms with van der Waals surface area (Å²) in [6.45, 7) is 2.25. The van der Waals surface area contributed by atoms with E-state index in [0.717, 1.165) is 5.56 Å². The van der Waals surface area contributed by atoms with Crippen molar-refractivity contribution in [1.29, 1.82) is 0 Å². The number of nitrogens with zero attached hydrogens (tertiary/aromatic N) is 1. The normalized spacial score (nSPS) is 18.6. The SMILES string of the molecule is Cl.NC[C@@H]1CN(C(=O)c2ccc(CNC(N)=O)cc2)C[C@H]1c1ccccc1. The fourth-order valence-electron chi connectivity index (χ4n) is 3.49. The summed E-state index contributed by atoms with van der Waals surface area (Å²) >= 11 is 0. The monoisotopic (exact) mass is 388 g/mol. The molecule has 0 bridgehead atoms. The quantitative estimate of drug-likeness (QED) is 0.730. The molecule has 27 heavy (non-hydrogen) atoms. The lowest BCUT2D eigenvalue weighted by atomic mass is 9.89. The predicted molar refractivity (Wildman–Crippen MR) is 108 cm³/mol. The van der Waals surface area contributed by atoms with Crippen LogP contribution in [-0.4, -0.2) is 36.5 Å². The van der Waals surface area contributed by atoms with Gasteiger partial charge in [0.15, 0.2) is 0 Å². The molecule has 0 unspecified atom stereocenters. The highest BCUT2D eigenvalue weighted by Gasteiger charge is 2.35. The van der Waals surface area contributed by atoms with Gasteiger partial charge in [-0.05, 0) is 35.7 Å². The Kier molecular flexibility index (Phi) is 7.21. The van der Waals surface area contributed by atoms with Gasteiger partial charge in [-0.25, -0.2) is 4.79 Å². The van der Waals surface area contributed by atoms with Gasteiger partial charge in [0, 0.05) is 31.1 Å². The minimum absolute atomic E-state index is 0. The maximum absolute atomic E-state index is 12.9. The van der Waals surface area contributed by atoms with E-state index in [2.05, 4.69) is 17.4 Å². The average Bonchev–Trinajstić information content (AvgIpc) is 3.11. The first-order chi connectivity index (χ1) is 12.6. The second-order valence-electron chi connectivity index (χ2n) is 6.64. The summed E-state index contributed by atoms with van der Waals surface area (Å²) in [5.74, 6) is 0.542. The molecule has 0 saturated carbocycles. The third kappa shape index (κ3) is 4.99. The molecule has 7 heteroatoms. The molecule has 1 fully saturated rings. The number of hydrogen-bond acceptors (Lipinski definition) is 3. The topological polar surface area (TPSA) is 101 Å². The fourth-order valence-corrected chi connectivity index (χ4v) is 3.49. The summed E-state index contributed by atoms with van der Waals surface area (Å²) in [5.41, 5.74) is 13.8. The number of carbonyl (C=O) groups is 2. The van der Waals surface area contributed by atoms with Crippen molar-refractivity contribution < 1.29 is 9.59 Å². The van der Waals surface area contributed by atoms with Crippen LogP contribution in [0, 0.1) is 5.92 Å². The lowest BCUT2D eigenvalue weighted by Crippen LogP contribution is -2.30. The molecule has 6 nitrogen and oxygen atoms in total. The molecule has 1 aliphatic heterocycles. The van der Waals surface area contributed by atoms with Gasteiger partial charge in [0.25, 0.3) is 5.91 Å². The van der Waals surface area contributed by atoms with Crippen LogP contribution in [0.3, 0.4) is 0 Å². The Balaban J connectivity index is 0.00000261. The molecule has 0 aliphatic carbocycles. The highest BCUT2D eigenvalue weighted by molar-refractivity contribution is 5.94. The maximum atomic E-state index is 12.9.